The first-order chi connectivity index (χ1) is 30.0. The molecule has 7 aromatic carbocycles. The van der Waals surface area contributed by atoms with E-state index in [9.17, 15) is 0 Å². The summed E-state index contributed by atoms with van der Waals surface area (Å²) in [7, 11) is 6.80. The van der Waals surface area contributed by atoms with Crippen molar-refractivity contribution in [2.75, 3.05) is 38.2 Å². The largest absolute Gasteiger partial charge is 0.497 e. The number of methoxy groups -OCH3 is 4. The number of ether oxygens (including phenoxy) is 4. The van der Waals surface area contributed by atoms with Gasteiger partial charge in [0.2, 0.25) is 6.71 Å². The van der Waals surface area contributed by atoms with Crippen LogP contribution in [0.5, 0.6) is 23.0 Å². The molecule has 7 heteroatoms. The highest BCUT2D eigenvalue weighted by Gasteiger charge is 2.31. The Labute approximate surface area is 369 Å². The van der Waals surface area contributed by atoms with E-state index in [2.05, 4.69) is 161 Å². The van der Waals surface area contributed by atoms with E-state index in [0.717, 1.165) is 57.1 Å². The van der Waals surface area contributed by atoms with Crippen LogP contribution in [0.3, 0.4) is 0 Å². The molecule has 0 aromatic heterocycles. The van der Waals surface area contributed by atoms with Gasteiger partial charge >= 0.3 is 0 Å². The normalized spacial score (nSPS) is 11.2. The second-order valence-corrected chi connectivity index (χ2v) is 16.7. The number of hydrogen-bond acceptors (Lipinski definition) is 6. The summed E-state index contributed by atoms with van der Waals surface area (Å²) >= 11 is 0. The van der Waals surface area contributed by atoms with E-state index in [0.29, 0.717) is 17.8 Å². The van der Waals surface area contributed by atoms with Crippen molar-refractivity contribution < 1.29 is 18.9 Å². The van der Waals surface area contributed by atoms with Gasteiger partial charge in [-0.2, -0.15) is 0 Å². The molecule has 0 saturated heterocycles. The lowest BCUT2D eigenvalue weighted by Crippen LogP contribution is -2.55. The van der Waals surface area contributed by atoms with Crippen LogP contribution in [-0.4, -0.2) is 35.2 Å². The first kappa shape index (κ1) is 43.5. The lowest BCUT2D eigenvalue weighted by Gasteiger charge is -2.31. The van der Waals surface area contributed by atoms with Crippen LogP contribution >= 0.6 is 0 Å². The van der Waals surface area contributed by atoms with Gasteiger partial charge in [0.25, 0.3) is 0 Å². The SMILES string of the molecule is COc1ccc(N(c2ccc(OC)cc2)c2cccc(B(c3cccc(N(c4ccc(OC)cc4)c4ccc(OC)cc4)c3)c3c(C(C)C)cc(C(C)C)cc3C(C)C)c2)cc1. The summed E-state index contributed by atoms with van der Waals surface area (Å²) < 4.78 is 22.3. The molecule has 0 unspecified atom stereocenters. The molecule has 0 aliphatic rings. The summed E-state index contributed by atoms with van der Waals surface area (Å²) in [4.78, 5) is 4.61. The second-order valence-electron chi connectivity index (χ2n) is 16.7. The molecule has 0 saturated carbocycles. The maximum absolute atomic E-state index is 5.58. The van der Waals surface area contributed by atoms with Crippen molar-refractivity contribution in [3.05, 3.63) is 174 Å². The summed E-state index contributed by atoms with van der Waals surface area (Å²) in [5, 5.41) is 0. The van der Waals surface area contributed by atoms with Gasteiger partial charge in [0.05, 0.1) is 28.4 Å². The van der Waals surface area contributed by atoms with E-state index in [1.54, 1.807) is 28.4 Å². The standard InChI is InChI=1S/C55H59BN2O4/c1-37(2)40-33-53(38(3)4)55(54(34-40)39(5)6)56(41-13-11-15-47(35-41)57(43-17-25-49(59-7)26-18-43)44-19-27-50(60-8)28-20-44)42-14-12-16-48(36-42)58(45-21-29-51(61-9)30-22-45)46-23-31-52(62-10)32-24-46/h11-39H,1-10H3. The Hall–Kier alpha value is -6.60. The molecule has 0 radical (unpaired) electrons. The summed E-state index contributed by atoms with van der Waals surface area (Å²) in [5.41, 5.74) is 14.1. The zero-order chi connectivity index (χ0) is 43.9. The van der Waals surface area contributed by atoms with Crippen molar-refractivity contribution in [3.8, 4) is 23.0 Å². The predicted molar refractivity (Wildman–Crippen MR) is 262 cm³/mol. The van der Waals surface area contributed by atoms with Gasteiger partial charge in [-0.1, -0.05) is 94.3 Å². The number of hydrogen-bond donors (Lipinski definition) is 0. The average Bonchev–Trinajstić information content (AvgIpc) is 3.30. The Bertz CT molecular complexity index is 2280. The maximum Gasteiger partial charge on any atom is 0.242 e. The van der Waals surface area contributed by atoms with Gasteiger partial charge in [-0.05, 0) is 156 Å². The van der Waals surface area contributed by atoms with Crippen LogP contribution in [0.4, 0.5) is 34.1 Å². The molecule has 7 aromatic rings. The maximum atomic E-state index is 5.58. The molecule has 0 bridgehead atoms. The molecule has 0 atom stereocenters. The Morgan fingerprint density at radius 3 is 0.919 bits per heavy atom. The molecule has 6 nitrogen and oxygen atoms in total. The van der Waals surface area contributed by atoms with E-state index in [4.69, 9.17) is 18.9 Å². The Morgan fingerprint density at radius 1 is 0.355 bits per heavy atom. The fourth-order valence-corrected chi connectivity index (χ4v) is 8.38. The first-order valence-electron chi connectivity index (χ1n) is 21.6. The van der Waals surface area contributed by atoms with E-state index in [1.165, 1.54) is 33.1 Å². The third-order valence-electron chi connectivity index (χ3n) is 11.7. The van der Waals surface area contributed by atoms with Crippen LogP contribution in [0.1, 0.15) is 76.0 Å². The van der Waals surface area contributed by atoms with Crippen molar-refractivity contribution >= 4 is 57.2 Å². The molecule has 0 aliphatic heterocycles. The molecule has 0 fully saturated rings. The van der Waals surface area contributed by atoms with Crippen molar-refractivity contribution in [1.29, 1.82) is 0 Å². The quantitative estimate of drug-likeness (QED) is 0.0905. The molecular weight excluding hydrogens is 763 g/mol. The van der Waals surface area contributed by atoms with Gasteiger partial charge in [-0.3, -0.25) is 0 Å². The predicted octanol–water partition coefficient (Wildman–Crippen LogP) is 12.5. The molecular formula is C55H59BN2O4. The first-order valence-corrected chi connectivity index (χ1v) is 21.6. The van der Waals surface area contributed by atoms with Gasteiger partial charge in [0.15, 0.2) is 0 Å². The number of anilines is 6. The third-order valence-corrected chi connectivity index (χ3v) is 11.7. The minimum Gasteiger partial charge on any atom is -0.497 e. The van der Waals surface area contributed by atoms with Crippen LogP contribution in [0.2, 0.25) is 0 Å². The highest BCUT2D eigenvalue weighted by molar-refractivity contribution is 6.96. The van der Waals surface area contributed by atoms with Crippen molar-refractivity contribution in [2.24, 2.45) is 0 Å². The lowest BCUT2D eigenvalue weighted by atomic mass is 9.34. The highest BCUT2D eigenvalue weighted by Crippen LogP contribution is 2.38. The molecule has 0 amide bonds. The Morgan fingerprint density at radius 2 is 0.661 bits per heavy atom. The van der Waals surface area contributed by atoms with Crippen LogP contribution < -0.4 is 45.1 Å². The molecule has 0 spiro atoms. The Balaban J connectivity index is 1.49. The summed E-state index contributed by atoms with van der Waals surface area (Å²) in [6.07, 6.45) is 0. The smallest absolute Gasteiger partial charge is 0.242 e. The van der Waals surface area contributed by atoms with Crippen LogP contribution in [0, 0.1) is 0 Å². The summed E-state index contributed by atoms with van der Waals surface area (Å²) in [6.45, 7) is 13.8. The van der Waals surface area contributed by atoms with E-state index in [1.807, 2.05) is 48.5 Å². The van der Waals surface area contributed by atoms with E-state index in [-0.39, 0.29) is 6.71 Å². The van der Waals surface area contributed by atoms with E-state index < -0.39 is 0 Å². The van der Waals surface area contributed by atoms with Crippen LogP contribution in [-0.2, 0) is 0 Å². The molecule has 7 rings (SSSR count). The van der Waals surface area contributed by atoms with Crippen molar-refractivity contribution in [2.45, 2.75) is 59.3 Å². The molecule has 0 heterocycles. The van der Waals surface area contributed by atoms with Gasteiger partial charge in [-0.15, -0.1) is 0 Å². The van der Waals surface area contributed by atoms with Gasteiger partial charge in [0.1, 0.15) is 23.0 Å². The topological polar surface area (TPSA) is 43.4 Å². The summed E-state index contributed by atoms with van der Waals surface area (Å²) in [6, 6.07) is 56.1. The third kappa shape index (κ3) is 9.33. The minimum atomic E-state index is -0.104. The fourth-order valence-electron chi connectivity index (χ4n) is 8.38. The molecule has 0 aliphatic carbocycles. The number of rotatable bonds is 16. The number of benzene rings is 7. The average molecular weight is 823 g/mol. The van der Waals surface area contributed by atoms with Gasteiger partial charge in [-0.25, -0.2) is 0 Å². The minimum absolute atomic E-state index is 0.104. The Kier molecular flexibility index (Phi) is 13.6. The molecule has 0 N–H and O–H groups in total. The van der Waals surface area contributed by atoms with Gasteiger partial charge < -0.3 is 28.7 Å². The zero-order valence-corrected chi connectivity index (χ0v) is 37.8. The number of nitrogens with zero attached hydrogens (tertiary/aromatic N) is 2. The second kappa shape index (κ2) is 19.4. The monoisotopic (exact) mass is 822 g/mol. The van der Waals surface area contributed by atoms with Crippen LogP contribution in [0.15, 0.2) is 158 Å². The molecule has 316 valence electrons. The highest BCUT2D eigenvalue weighted by atomic mass is 16.5. The molecule has 62 heavy (non-hydrogen) atoms. The van der Waals surface area contributed by atoms with Gasteiger partial charge in [0, 0.05) is 34.1 Å². The van der Waals surface area contributed by atoms with Crippen LogP contribution in [0.25, 0.3) is 0 Å². The fraction of sp³-hybridized carbons (Fsp3) is 0.236. The summed E-state index contributed by atoms with van der Waals surface area (Å²) in [5.74, 6) is 4.21. The van der Waals surface area contributed by atoms with Crippen molar-refractivity contribution in [3.63, 3.8) is 0 Å². The zero-order valence-electron chi connectivity index (χ0n) is 37.8. The van der Waals surface area contributed by atoms with Crippen molar-refractivity contribution in [1.82, 2.24) is 0 Å². The lowest BCUT2D eigenvalue weighted by molar-refractivity contribution is 0.414. The van der Waals surface area contributed by atoms with E-state index >= 15 is 0 Å².